The summed E-state index contributed by atoms with van der Waals surface area (Å²) >= 11 is 7.83. The first-order chi connectivity index (χ1) is 12.7. The standard InChI is InChI=1S/C24H12Br2/c25-23-19-11-15-7-3-1-5-13(15)9-17(19)21-22(23)18-10-14-6-2-4-8-16(14)12-20(18)24(21)26/h1-12H. The highest BCUT2D eigenvalue weighted by atomic mass is 79.9. The molecular formula is C24H12Br2. The lowest BCUT2D eigenvalue weighted by Gasteiger charge is -2.00. The fraction of sp³-hybridized carbons (Fsp3) is 0. The van der Waals surface area contributed by atoms with Crippen LogP contribution in [0.2, 0.25) is 0 Å². The van der Waals surface area contributed by atoms with Gasteiger partial charge in [0.2, 0.25) is 0 Å². The molecule has 0 heterocycles. The van der Waals surface area contributed by atoms with Crippen LogP contribution < -0.4 is 20.9 Å². The van der Waals surface area contributed by atoms with E-state index < -0.39 is 0 Å². The van der Waals surface area contributed by atoms with Gasteiger partial charge in [0.15, 0.2) is 0 Å². The Morgan fingerprint density at radius 2 is 0.731 bits per heavy atom. The summed E-state index contributed by atoms with van der Waals surface area (Å²) in [4.78, 5) is 0. The van der Waals surface area contributed by atoms with E-state index in [-0.39, 0.29) is 0 Å². The van der Waals surface area contributed by atoms with Crippen molar-refractivity contribution < 1.29 is 0 Å². The summed E-state index contributed by atoms with van der Waals surface area (Å²) in [6, 6.07) is 26.4. The van der Waals surface area contributed by atoms with Crippen LogP contribution in [0.15, 0.2) is 72.8 Å². The molecule has 4 aromatic carbocycles. The van der Waals surface area contributed by atoms with Gasteiger partial charge in [0.05, 0.1) is 0 Å². The molecule has 0 atom stereocenters. The number of hydrogen-bond donors (Lipinski definition) is 0. The molecule has 0 radical (unpaired) electrons. The zero-order chi connectivity index (χ0) is 17.4. The van der Waals surface area contributed by atoms with Gasteiger partial charge >= 0.3 is 0 Å². The molecule has 0 aliphatic heterocycles. The topological polar surface area (TPSA) is 0 Å². The van der Waals surface area contributed by atoms with Crippen LogP contribution in [0, 0.1) is 0 Å². The van der Waals surface area contributed by atoms with Crippen molar-refractivity contribution in [3.63, 3.8) is 0 Å². The minimum absolute atomic E-state index is 1.19. The Hall–Kier alpha value is -2.16. The molecule has 2 heteroatoms. The third-order valence-electron chi connectivity index (χ3n) is 5.47. The molecule has 2 aliphatic carbocycles. The van der Waals surface area contributed by atoms with Gasteiger partial charge in [0, 0.05) is 20.1 Å². The molecule has 6 rings (SSSR count). The summed E-state index contributed by atoms with van der Waals surface area (Å²) in [6.45, 7) is 0. The summed E-state index contributed by atoms with van der Waals surface area (Å²) < 4.78 is 2.39. The van der Waals surface area contributed by atoms with Gasteiger partial charge in [-0.1, -0.05) is 48.5 Å². The number of benzene rings is 4. The van der Waals surface area contributed by atoms with Crippen LogP contribution in [0.3, 0.4) is 0 Å². The Bertz CT molecular complexity index is 1420. The quantitative estimate of drug-likeness (QED) is 0.372. The van der Waals surface area contributed by atoms with E-state index >= 15 is 0 Å². The van der Waals surface area contributed by atoms with E-state index in [1.807, 2.05) is 0 Å². The Labute approximate surface area is 166 Å². The smallest absolute Gasteiger partial charge is 0.0339 e. The van der Waals surface area contributed by atoms with Crippen LogP contribution in [-0.4, -0.2) is 0 Å². The minimum atomic E-state index is 1.19. The number of rotatable bonds is 0. The maximum absolute atomic E-state index is 3.92. The predicted molar refractivity (Wildman–Crippen MR) is 118 cm³/mol. The van der Waals surface area contributed by atoms with Crippen molar-refractivity contribution in [2.75, 3.05) is 0 Å². The predicted octanol–water partition coefficient (Wildman–Crippen LogP) is 4.03. The van der Waals surface area contributed by atoms with Gasteiger partial charge in [0.25, 0.3) is 0 Å². The van der Waals surface area contributed by atoms with E-state index in [0.717, 1.165) is 0 Å². The Morgan fingerprint density at radius 3 is 1.08 bits per heavy atom. The lowest BCUT2D eigenvalue weighted by molar-refractivity contribution is 1.57. The molecule has 0 spiro atoms. The second-order valence-corrected chi connectivity index (χ2v) is 8.45. The SMILES string of the molecule is BrC1=c2cc3ccccc3cc2=C2C(Br)=c3cc4ccccc4cc3=C12. The molecule has 0 nitrogen and oxygen atoms in total. The van der Waals surface area contributed by atoms with E-state index in [1.165, 1.54) is 62.5 Å². The first-order valence-electron chi connectivity index (χ1n) is 8.59. The van der Waals surface area contributed by atoms with E-state index in [0.29, 0.717) is 0 Å². The van der Waals surface area contributed by atoms with Crippen LogP contribution in [0.25, 0.3) is 41.7 Å². The second-order valence-electron chi connectivity index (χ2n) is 6.87. The molecule has 122 valence electrons. The molecule has 0 aromatic heterocycles. The van der Waals surface area contributed by atoms with E-state index in [1.54, 1.807) is 0 Å². The van der Waals surface area contributed by atoms with Gasteiger partial charge in [-0.25, -0.2) is 0 Å². The number of fused-ring (bicyclic) bond motifs is 5. The maximum atomic E-state index is 3.92. The van der Waals surface area contributed by atoms with Gasteiger partial charge in [-0.15, -0.1) is 0 Å². The molecule has 0 bridgehead atoms. The first-order valence-corrected chi connectivity index (χ1v) is 10.2. The number of halogens is 2. The normalized spacial score (nSPS) is 15.0. The van der Waals surface area contributed by atoms with Gasteiger partial charge in [0.1, 0.15) is 0 Å². The minimum Gasteiger partial charge on any atom is -0.0616 e. The lowest BCUT2D eigenvalue weighted by Crippen LogP contribution is -2.26. The van der Waals surface area contributed by atoms with Gasteiger partial charge in [-0.05, 0) is 98.5 Å². The van der Waals surface area contributed by atoms with E-state index in [9.17, 15) is 0 Å². The Balaban J connectivity index is 1.88. The third kappa shape index (κ3) is 1.84. The van der Waals surface area contributed by atoms with Crippen LogP contribution >= 0.6 is 31.9 Å². The van der Waals surface area contributed by atoms with Crippen LogP contribution in [0.5, 0.6) is 0 Å². The average molecular weight is 460 g/mol. The molecule has 0 unspecified atom stereocenters. The highest BCUT2D eigenvalue weighted by Gasteiger charge is 2.26. The van der Waals surface area contributed by atoms with Crippen LogP contribution in [-0.2, 0) is 0 Å². The average Bonchev–Trinajstić information content (AvgIpc) is 3.12. The van der Waals surface area contributed by atoms with Gasteiger partial charge in [-0.2, -0.15) is 0 Å². The number of hydrogen-bond acceptors (Lipinski definition) is 0. The molecule has 26 heavy (non-hydrogen) atoms. The maximum Gasteiger partial charge on any atom is 0.0339 e. The zero-order valence-electron chi connectivity index (χ0n) is 13.7. The van der Waals surface area contributed by atoms with Crippen LogP contribution in [0.4, 0.5) is 0 Å². The second kappa shape index (κ2) is 5.18. The monoisotopic (exact) mass is 458 g/mol. The van der Waals surface area contributed by atoms with Gasteiger partial charge in [-0.3, -0.25) is 0 Å². The van der Waals surface area contributed by atoms with Crippen LogP contribution in [0.1, 0.15) is 0 Å². The van der Waals surface area contributed by atoms with Crippen molar-refractivity contribution in [3.8, 4) is 0 Å². The van der Waals surface area contributed by atoms with Crippen molar-refractivity contribution in [1.82, 2.24) is 0 Å². The fourth-order valence-electron chi connectivity index (χ4n) is 4.25. The molecule has 2 aliphatic rings. The summed E-state index contributed by atoms with van der Waals surface area (Å²) in [5, 5.41) is 10.3. The highest BCUT2D eigenvalue weighted by Crippen LogP contribution is 2.38. The summed E-state index contributed by atoms with van der Waals surface area (Å²) in [5.41, 5.74) is 2.62. The van der Waals surface area contributed by atoms with Crippen molar-refractivity contribution in [3.05, 3.63) is 93.7 Å². The van der Waals surface area contributed by atoms with Crippen molar-refractivity contribution in [2.24, 2.45) is 0 Å². The Morgan fingerprint density at radius 1 is 0.423 bits per heavy atom. The summed E-state index contributed by atoms with van der Waals surface area (Å²) in [6.07, 6.45) is 0. The summed E-state index contributed by atoms with van der Waals surface area (Å²) in [7, 11) is 0. The van der Waals surface area contributed by atoms with E-state index in [4.69, 9.17) is 0 Å². The summed E-state index contributed by atoms with van der Waals surface area (Å²) in [5.74, 6) is 0. The lowest BCUT2D eigenvalue weighted by atomic mass is 10.1. The molecule has 0 fully saturated rings. The molecule has 4 aromatic rings. The third-order valence-corrected chi connectivity index (χ3v) is 7.12. The van der Waals surface area contributed by atoms with Crippen molar-refractivity contribution >= 4 is 73.5 Å². The zero-order valence-corrected chi connectivity index (χ0v) is 16.9. The molecule has 0 amide bonds. The fourth-order valence-corrected chi connectivity index (χ4v) is 5.73. The molecule has 0 N–H and O–H groups in total. The largest absolute Gasteiger partial charge is 0.0616 e. The van der Waals surface area contributed by atoms with Crippen molar-refractivity contribution in [2.45, 2.75) is 0 Å². The highest BCUT2D eigenvalue weighted by molar-refractivity contribution is 9.15. The molecule has 0 saturated heterocycles. The van der Waals surface area contributed by atoms with Gasteiger partial charge < -0.3 is 0 Å². The van der Waals surface area contributed by atoms with Crippen molar-refractivity contribution in [1.29, 1.82) is 0 Å². The molecule has 0 saturated carbocycles. The molecular weight excluding hydrogens is 448 g/mol. The Kier molecular flexibility index (Phi) is 2.98. The first kappa shape index (κ1) is 15.0. The van der Waals surface area contributed by atoms with E-state index in [2.05, 4.69) is 105 Å².